The molecular weight excluding hydrogens is 540 g/mol. The molecule has 0 aliphatic carbocycles. The fraction of sp³-hybridized carbons (Fsp3) is 0.219. The highest BCUT2D eigenvalue weighted by atomic mass is 32.2. The second-order valence-electron chi connectivity index (χ2n) is 9.62. The summed E-state index contributed by atoms with van der Waals surface area (Å²) >= 11 is 2.93. The Balaban J connectivity index is 1.60. The molecule has 1 atom stereocenters. The fourth-order valence-electron chi connectivity index (χ4n) is 4.57. The van der Waals surface area contributed by atoms with Gasteiger partial charge in [0.25, 0.3) is 5.56 Å². The van der Waals surface area contributed by atoms with Crippen molar-refractivity contribution >= 4 is 35.1 Å². The molecule has 1 aliphatic rings. The Kier molecular flexibility index (Phi) is 8.38. The number of nitrogens with zero attached hydrogens (tertiary/aromatic N) is 2. The lowest BCUT2D eigenvalue weighted by Crippen LogP contribution is -2.40. The molecule has 0 bridgehead atoms. The Labute approximate surface area is 241 Å². The third kappa shape index (κ3) is 5.83. The molecule has 0 fully saturated rings. The van der Waals surface area contributed by atoms with Crippen LogP contribution in [0.15, 0.2) is 105 Å². The Morgan fingerprint density at radius 2 is 1.75 bits per heavy atom. The molecule has 1 aromatic heterocycles. The maximum atomic E-state index is 14.0. The number of thiazole rings is 1. The number of allylic oxidation sites excluding steroid dienone is 1. The van der Waals surface area contributed by atoms with E-state index in [0.29, 0.717) is 33.0 Å². The van der Waals surface area contributed by atoms with Gasteiger partial charge in [0.2, 0.25) is 0 Å². The van der Waals surface area contributed by atoms with Crippen LogP contribution in [0.4, 0.5) is 0 Å². The summed E-state index contributed by atoms with van der Waals surface area (Å²) in [6.45, 7) is 5.83. The smallest absolute Gasteiger partial charge is 0.338 e. The van der Waals surface area contributed by atoms with Crippen molar-refractivity contribution in [3.05, 3.63) is 127 Å². The molecule has 0 saturated carbocycles. The second-order valence-corrected chi connectivity index (χ2v) is 11.5. The molecule has 0 radical (unpaired) electrons. The molecule has 4 aromatic rings. The van der Waals surface area contributed by atoms with E-state index in [1.807, 2.05) is 105 Å². The molecule has 40 heavy (non-hydrogen) atoms. The first-order valence-electron chi connectivity index (χ1n) is 13.0. The molecule has 5 rings (SSSR count). The number of thioether (sulfide) groups is 1. The number of fused-ring (bicyclic) bond motifs is 1. The maximum absolute atomic E-state index is 14.0. The van der Waals surface area contributed by atoms with E-state index in [0.717, 1.165) is 21.6 Å². The Morgan fingerprint density at radius 3 is 2.45 bits per heavy atom. The first kappa shape index (κ1) is 27.7. The van der Waals surface area contributed by atoms with Crippen molar-refractivity contribution in [2.45, 2.75) is 44.4 Å². The molecule has 1 aliphatic heterocycles. The summed E-state index contributed by atoms with van der Waals surface area (Å²) in [6, 6.07) is 24.9. The van der Waals surface area contributed by atoms with Crippen molar-refractivity contribution in [1.82, 2.24) is 4.57 Å². The zero-order chi connectivity index (χ0) is 28.2. The van der Waals surface area contributed by atoms with Crippen molar-refractivity contribution in [3.8, 4) is 5.75 Å². The topological polar surface area (TPSA) is 69.9 Å². The Bertz CT molecular complexity index is 1740. The molecule has 0 unspecified atom stereocenters. The number of carbonyl (C=O) groups is 1. The van der Waals surface area contributed by atoms with Gasteiger partial charge >= 0.3 is 5.97 Å². The molecule has 204 valence electrons. The van der Waals surface area contributed by atoms with Crippen molar-refractivity contribution < 1.29 is 14.3 Å². The van der Waals surface area contributed by atoms with Crippen LogP contribution in [0.25, 0.3) is 6.08 Å². The number of benzene rings is 3. The van der Waals surface area contributed by atoms with Crippen LogP contribution in [0, 0.1) is 0 Å². The molecule has 0 saturated heterocycles. The minimum Gasteiger partial charge on any atom is -0.488 e. The number of aromatic nitrogens is 1. The molecule has 6 nitrogen and oxygen atoms in total. The molecule has 8 heteroatoms. The van der Waals surface area contributed by atoms with Gasteiger partial charge in [0.15, 0.2) is 4.80 Å². The SMILES string of the molecule is CSc1ccc([C@H]2C(C(=O)OC(C)C)=C(C)N=c3s/c(=C/c4ccccc4OCc4ccccc4)c(=O)n32)cc1. The van der Waals surface area contributed by atoms with E-state index in [1.54, 1.807) is 23.3 Å². The van der Waals surface area contributed by atoms with Gasteiger partial charge in [-0.3, -0.25) is 9.36 Å². The van der Waals surface area contributed by atoms with E-state index in [2.05, 4.69) is 0 Å². The average molecular weight is 571 g/mol. The van der Waals surface area contributed by atoms with Crippen LogP contribution in [0.5, 0.6) is 5.75 Å². The number of carbonyl (C=O) groups excluding carboxylic acids is 1. The molecule has 0 N–H and O–H groups in total. The average Bonchev–Trinajstić information content (AvgIpc) is 3.26. The summed E-state index contributed by atoms with van der Waals surface area (Å²) in [5.74, 6) is 0.211. The molecule has 0 spiro atoms. The number of para-hydroxylation sites is 1. The normalized spacial score (nSPS) is 15.1. The van der Waals surface area contributed by atoms with E-state index in [1.165, 1.54) is 11.3 Å². The number of hydrogen-bond donors (Lipinski definition) is 0. The summed E-state index contributed by atoms with van der Waals surface area (Å²) < 4.78 is 13.8. The van der Waals surface area contributed by atoms with E-state index < -0.39 is 12.0 Å². The highest BCUT2D eigenvalue weighted by Gasteiger charge is 2.33. The predicted molar refractivity (Wildman–Crippen MR) is 160 cm³/mol. The number of hydrogen-bond acceptors (Lipinski definition) is 7. The zero-order valence-electron chi connectivity index (χ0n) is 22.8. The van der Waals surface area contributed by atoms with Crippen molar-refractivity contribution in [1.29, 1.82) is 0 Å². The van der Waals surface area contributed by atoms with Gasteiger partial charge < -0.3 is 9.47 Å². The minimum atomic E-state index is -0.648. The molecule has 2 heterocycles. The summed E-state index contributed by atoms with van der Waals surface area (Å²) in [5.41, 5.74) is 3.37. The van der Waals surface area contributed by atoms with Gasteiger partial charge in [-0.15, -0.1) is 11.8 Å². The lowest BCUT2D eigenvalue weighted by Gasteiger charge is -2.25. The highest BCUT2D eigenvalue weighted by Crippen LogP contribution is 2.32. The lowest BCUT2D eigenvalue weighted by atomic mass is 9.96. The van der Waals surface area contributed by atoms with Gasteiger partial charge in [0.05, 0.1) is 27.9 Å². The largest absolute Gasteiger partial charge is 0.488 e. The minimum absolute atomic E-state index is 0.220. The first-order valence-corrected chi connectivity index (χ1v) is 15.0. The first-order chi connectivity index (χ1) is 19.4. The summed E-state index contributed by atoms with van der Waals surface area (Å²) in [6.07, 6.45) is 3.54. The summed E-state index contributed by atoms with van der Waals surface area (Å²) in [7, 11) is 0. The standard InChI is InChI=1S/C32H30N2O4S2/c1-20(2)38-31(36)28-21(3)33-32-34(29(28)23-14-16-25(39-4)17-15-23)30(35)27(40-32)18-24-12-8-9-13-26(24)37-19-22-10-6-5-7-11-22/h5-18,20,29H,19H2,1-4H3/b27-18+/t29-/m0/s1. The summed E-state index contributed by atoms with van der Waals surface area (Å²) in [5, 5.41) is 0. The van der Waals surface area contributed by atoms with Crippen LogP contribution in [-0.2, 0) is 16.1 Å². The molecule has 0 amide bonds. The summed E-state index contributed by atoms with van der Waals surface area (Å²) in [4.78, 5) is 33.6. The van der Waals surface area contributed by atoms with Crippen molar-refractivity contribution in [2.75, 3.05) is 6.26 Å². The van der Waals surface area contributed by atoms with Gasteiger partial charge in [0, 0.05) is 10.5 Å². The maximum Gasteiger partial charge on any atom is 0.338 e. The van der Waals surface area contributed by atoms with E-state index in [4.69, 9.17) is 14.5 Å². The fourth-order valence-corrected chi connectivity index (χ4v) is 6.02. The Morgan fingerprint density at radius 1 is 1.05 bits per heavy atom. The van der Waals surface area contributed by atoms with Crippen LogP contribution in [0.3, 0.4) is 0 Å². The van der Waals surface area contributed by atoms with Gasteiger partial charge in [-0.05, 0) is 62.4 Å². The second kappa shape index (κ2) is 12.1. The highest BCUT2D eigenvalue weighted by molar-refractivity contribution is 7.98. The molecular formula is C32H30N2O4S2. The quantitative estimate of drug-likeness (QED) is 0.207. The number of rotatable bonds is 8. The van der Waals surface area contributed by atoms with E-state index >= 15 is 0 Å². The zero-order valence-corrected chi connectivity index (χ0v) is 24.4. The van der Waals surface area contributed by atoms with Crippen LogP contribution < -0.4 is 19.6 Å². The molecule has 3 aromatic carbocycles. The van der Waals surface area contributed by atoms with Gasteiger partial charge in [0.1, 0.15) is 12.4 Å². The van der Waals surface area contributed by atoms with Crippen molar-refractivity contribution in [3.63, 3.8) is 0 Å². The van der Waals surface area contributed by atoms with Gasteiger partial charge in [-0.1, -0.05) is 72.0 Å². The van der Waals surface area contributed by atoms with Crippen LogP contribution in [0.1, 0.15) is 43.5 Å². The third-order valence-electron chi connectivity index (χ3n) is 6.46. The van der Waals surface area contributed by atoms with Crippen LogP contribution >= 0.6 is 23.1 Å². The van der Waals surface area contributed by atoms with Crippen LogP contribution in [-0.4, -0.2) is 22.9 Å². The van der Waals surface area contributed by atoms with Crippen LogP contribution in [0.2, 0.25) is 0 Å². The van der Waals surface area contributed by atoms with Gasteiger partial charge in [-0.2, -0.15) is 0 Å². The third-order valence-corrected chi connectivity index (χ3v) is 8.19. The number of esters is 1. The predicted octanol–water partition coefficient (Wildman–Crippen LogP) is 5.49. The van der Waals surface area contributed by atoms with Crippen molar-refractivity contribution in [2.24, 2.45) is 4.99 Å². The Hall–Kier alpha value is -3.88. The van der Waals surface area contributed by atoms with Gasteiger partial charge in [-0.25, -0.2) is 9.79 Å². The monoisotopic (exact) mass is 570 g/mol. The lowest BCUT2D eigenvalue weighted by molar-refractivity contribution is -0.143. The van der Waals surface area contributed by atoms with E-state index in [9.17, 15) is 9.59 Å². The number of ether oxygens (including phenoxy) is 2. The van der Waals surface area contributed by atoms with E-state index in [-0.39, 0.29) is 11.7 Å².